The number of nitrogens with one attached hydrogen (secondary N) is 1. The van der Waals surface area contributed by atoms with Crippen molar-refractivity contribution >= 4 is 17.1 Å². The molecule has 0 saturated heterocycles. The molecule has 0 radical (unpaired) electrons. The predicted octanol–water partition coefficient (Wildman–Crippen LogP) is 2.79. The number of phenols is 1. The molecule has 1 heterocycles. The molecule has 3 N–H and O–H groups in total. The highest BCUT2D eigenvalue weighted by Gasteiger charge is 2.42. The van der Waals surface area contributed by atoms with Crippen LogP contribution in [0.2, 0.25) is 0 Å². The summed E-state index contributed by atoms with van der Waals surface area (Å²) in [6.07, 6.45) is 2.27. The number of aromatic hydroxyl groups is 1. The molecule has 0 bridgehead atoms. The number of likely N-dealkylation sites (N-methyl/N-ethyl adjacent to an activating group) is 1. The van der Waals surface area contributed by atoms with Gasteiger partial charge in [0.05, 0.1) is 5.70 Å². The highest BCUT2D eigenvalue weighted by atomic mass is 32.1. The van der Waals surface area contributed by atoms with Crippen molar-refractivity contribution in [2.24, 2.45) is 0 Å². The number of Topliss-reactive ketones (excluding diaryl/α,β-unsaturated/α-hetero) is 1. The highest BCUT2D eigenvalue weighted by Crippen LogP contribution is 2.28. The van der Waals surface area contributed by atoms with Crippen LogP contribution in [-0.2, 0) is 17.6 Å². The van der Waals surface area contributed by atoms with E-state index in [1.54, 1.807) is 29.5 Å². The maximum atomic E-state index is 12.5. The van der Waals surface area contributed by atoms with E-state index in [4.69, 9.17) is 0 Å². The maximum absolute atomic E-state index is 12.5. The summed E-state index contributed by atoms with van der Waals surface area (Å²) in [5.74, 6) is -0.0110. The molecule has 3 unspecified atom stereocenters. The fourth-order valence-corrected chi connectivity index (χ4v) is 4.66. The van der Waals surface area contributed by atoms with Gasteiger partial charge in [-0.3, -0.25) is 4.79 Å². The molecule has 0 amide bonds. The van der Waals surface area contributed by atoms with E-state index in [-0.39, 0.29) is 23.6 Å². The average molecular weight is 456 g/mol. The Morgan fingerprint density at radius 2 is 1.91 bits per heavy atom. The number of carbonyl (C=O) groups excluding carboxylic acids is 1. The number of thiophene rings is 1. The van der Waals surface area contributed by atoms with Crippen molar-refractivity contribution < 1.29 is 15.0 Å². The second-order valence-corrected chi connectivity index (χ2v) is 9.37. The first-order valence-electron chi connectivity index (χ1n) is 10.8. The zero-order chi connectivity index (χ0) is 23.3. The molecular formula is C25H33N3O3S. The molecule has 7 heteroatoms. The van der Waals surface area contributed by atoms with E-state index >= 15 is 0 Å². The number of ketones is 1. The van der Waals surface area contributed by atoms with E-state index in [1.807, 2.05) is 43.4 Å². The van der Waals surface area contributed by atoms with Gasteiger partial charge < -0.3 is 25.3 Å². The number of hydrogen-bond donors (Lipinski definition) is 3. The van der Waals surface area contributed by atoms with Crippen molar-refractivity contribution in [2.75, 3.05) is 27.2 Å². The second kappa shape index (κ2) is 10.8. The minimum Gasteiger partial charge on any atom is -0.508 e. The monoisotopic (exact) mass is 455 g/mol. The van der Waals surface area contributed by atoms with Crippen LogP contribution in [0, 0.1) is 0 Å². The van der Waals surface area contributed by atoms with Gasteiger partial charge in [0, 0.05) is 25.2 Å². The summed E-state index contributed by atoms with van der Waals surface area (Å²) in [7, 11) is 4.05. The van der Waals surface area contributed by atoms with Crippen LogP contribution in [0.15, 0.2) is 65.1 Å². The van der Waals surface area contributed by atoms with Crippen molar-refractivity contribution in [1.82, 2.24) is 15.1 Å². The molecule has 0 spiro atoms. The Hall–Kier alpha value is -2.61. The fourth-order valence-electron chi connectivity index (χ4n) is 3.98. The minimum atomic E-state index is -1.11. The van der Waals surface area contributed by atoms with Gasteiger partial charge in [-0.2, -0.15) is 11.3 Å². The third-order valence-corrected chi connectivity index (χ3v) is 6.51. The van der Waals surface area contributed by atoms with Crippen LogP contribution >= 0.6 is 11.3 Å². The standard InChI is InChI=1S/C25H33N3O3S/c1-5-11-28(15-20(27(3)4)14-18-6-8-21(29)9-7-18)23-22(24(30)25(23)31)26-17(2)13-19-10-12-32-16-19/h5-10,12,16-17,20,25-26,29,31H,1,11,13-15H2,2-4H3. The van der Waals surface area contributed by atoms with Crippen LogP contribution < -0.4 is 5.32 Å². The molecule has 2 aromatic rings. The number of hydrogen-bond acceptors (Lipinski definition) is 7. The molecule has 3 rings (SSSR count). The number of phenolic OH excluding ortho intramolecular Hbond substituents is 1. The summed E-state index contributed by atoms with van der Waals surface area (Å²) in [5.41, 5.74) is 3.49. The summed E-state index contributed by atoms with van der Waals surface area (Å²) < 4.78 is 0. The highest BCUT2D eigenvalue weighted by molar-refractivity contribution is 7.07. The van der Waals surface area contributed by atoms with E-state index in [2.05, 4.69) is 28.2 Å². The van der Waals surface area contributed by atoms with Crippen LogP contribution in [0.5, 0.6) is 5.75 Å². The topological polar surface area (TPSA) is 76.0 Å². The number of rotatable bonds is 12. The van der Waals surface area contributed by atoms with Crippen LogP contribution in [0.4, 0.5) is 0 Å². The molecule has 0 saturated carbocycles. The van der Waals surface area contributed by atoms with Crippen molar-refractivity contribution in [1.29, 1.82) is 0 Å². The molecule has 1 aromatic heterocycles. The van der Waals surface area contributed by atoms with Gasteiger partial charge in [-0.05, 0) is 73.9 Å². The molecule has 6 nitrogen and oxygen atoms in total. The zero-order valence-corrected chi connectivity index (χ0v) is 19.8. The largest absolute Gasteiger partial charge is 0.508 e. The summed E-state index contributed by atoms with van der Waals surface area (Å²) in [4.78, 5) is 16.7. The molecule has 1 aromatic carbocycles. The summed E-state index contributed by atoms with van der Waals surface area (Å²) in [6, 6.07) is 9.52. The third-order valence-electron chi connectivity index (χ3n) is 5.78. The van der Waals surface area contributed by atoms with Gasteiger partial charge in [0.2, 0.25) is 5.78 Å². The number of aliphatic hydroxyl groups is 1. The van der Waals surface area contributed by atoms with Crippen LogP contribution in [0.3, 0.4) is 0 Å². The van der Waals surface area contributed by atoms with Gasteiger partial charge in [-0.1, -0.05) is 18.2 Å². The molecule has 0 fully saturated rings. The lowest BCUT2D eigenvalue weighted by Crippen LogP contribution is -2.53. The average Bonchev–Trinajstić information content (AvgIpc) is 3.26. The van der Waals surface area contributed by atoms with Crippen molar-refractivity contribution in [3.05, 3.63) is 76.3 Å². The number of nitrogens with zero attached hydrogens (tertiary/aromatic N) is 2. The lowest BCUT2D eigenvalue weighted by atomic mass is 9.91. The summed E-state index contributed by atoms with van der Waals surface area (Å²) in [5, 5.41) is 27.6. The smallest absolute Gasteiger partial charge is 0.215 e. The van der Waals surface area contributed by atoms with Crippen molar-refractivity contribution in [3.63, 3.8) is 0 Å². The Labute approximate surface area is 194 Å². The fraction of sp³-hybridized carbons (Fsp3) is 0.400. The molecule has 1 aliphatic rings. The minimum absolute atomic E-state index is 0.0678. The molecule has 3 atom stereocenters. The Morgan fingerprint density at radius 3 is 2.50 bits per heavy atom. The van der Waals surface area contributed by atoms with Gasteiger partial charge in [0.25, 0.3) is 0 Å². The lowest BCUT2D eigenvalue weighted by Gasteiger charge is -2.41. The van der Waals surface area contributed by atoms with Gasteiger partial charge in [-0.25, -0.2) is 0 Å². The number of carbonyl (C=O) groups is 1. The van der Waals surface area contributed by atoms with Gasteiger partial charge >= 0.3 is 0 Å². The first-order chi connectivity index (χ1) is 15.3. The Bertz CT molecular complexity index is 938. The van der Waals surface area contributed by atoms with E-state index in [9.17, 15) is 15.0 Å². The van der Waals surface area contributed by atoms with Crippen molar-refractivity contribution in [2.45, 2.75) is 38.0 Å². The van der Waals surface area contributed by atoms with Crippen molar-refractivity contribution in [3.8, 4) is 5.75 Å². The van der Waals surface area contributed by atoms with Crippen LogP contribution in [0.1, 0.15) is 18.1 Å². The molecular weight excluding hydrogens is 422 g/mol. The molecule has 0 aliphatic heterocycles. The lowest BCUT2D eigenvalue weighted by molar-refractivity contribution is -0.126. The van der Waals surface area contributed by atoms with Gasteiger partial charge in [-0.15, -0.1) is 6.58 Å². The zero-order valence-electron chi connectivity index (χ0n) is 19.0. The quantitative estimate of drug-likeness (QED) is 0.428. The molecule has 172 valence electrons. The third kappa shape index (κ3) is 5.79. The molecule has 1 aliphatic carbocycles. The van der Waals surface area contributed by atoms with Gasteiger partial charge in [0.15, 0.2) is 6.10 Å². The number of aliphatic hydroxyl groups excluding tert-OH is 1. The summed E-state index contributed by atoms with van der Waals surface area (Å²) >= 11 is 1.66. The Balaban J connectivity index is 1.77. The SMILES string of the molecule is C=CCN(CC(Cc1ccc(O)cc1)N(C)C)C1=C(NC(C)Cc2ccsc2)C(=O)C1O. The second-order valence-electron chi connectivity index (χ2n) is 8.59. The first-order valence-corrected chi connectivity index (χ1v) is 11.8. The van der Waals surface area contributed by atoms with E-state index in [1.165, 1.54) is 5.56 Å². The Morgan fingerprint density at radius 1 is 1.19 bits per heavy atom. The van der Waals surface area contributed by atoms with E-state index in [0.29, 0.717) is 24.5 Å². The molecule has 32 heavy (non-hydrogen) atoms. The van der Waals surface area contributed by atoms with E-state index < -0.39 is 6.10 Å². The van der Waals surface area contributed by atoms with Crippen LogP contribution in [0.25, 0.3) is 0 Å². The Kier molecular flexibility index (Phi) is 8.12. The van der Waals surface area contributed by atoms with E-state index in [0.717, 1.165) is 18.4 Å². The predicted molar refractivity (Wildman–Crippen MR) is 130 cm³/mol. The maximum Gasteiger partial charge on any atom is 0.215 e. The van der Waals surface area contributed by atoms with Gasteiger partial charge in [0.1, 0.15) is 11.4 Å². The normalized spacial score (nSPS) is 17.8. The first kappa shape index (κ1) is 24.0. The van der Waals surface area contributed by atoms with Crippen LogP contribution in [-0.4, -0.2) is 71.2 Å². The summed E-state index contributed by atoms with van der Waals surface area (Å²) in [6.45, 7) is 7.08. The number of benzene rings is 1.